The molecule has 0 saturated heterocycles. The summed E-state index contributed by atoms with van der Waals surface area (Å²) < 4.78 is 5.28. The van der Waals surface area contributed by atoms with Crippen molar-refractivity contribution in [2.24, 2.45) is 0 Å². The van der Waals surface area contributed by atoms with Gasteiger partial charge in [-0.1, -0.05) is 66.4 Å². The highest BCUT2D eigenvalue weighted by Gasteiger charge is 2.36. The second kappa shape index (κ2) is 13.6. The number of ether oxygens (including phenoxy) is 1. The summed E-state index contributed by atoms with van der Waals surface area (Å²) >= 11 is 6.39. The van der Waals surface area contributed by atoms with Crippen LogP contribution in [0.1, 0.15) is 68.8 Å². The predicted molar refractivity (Wildman–Crippen MR) is 150 cm³/mol. The topological polar surface area (TPSA) is 108 Å². The number of nitrogens with one attached hydrogen (secondary N) is 2. The monoisotopic (exact) mass is 545 g/mol. The lowest BCUT2D eigenvalue weighted by Crippen LogP contribution is -2.54. The van der Waals surface area contributed by atoms with Crippen LogP contribution in [0.15, 0.2) is 36.4 Å². The third kappa shape index (κ3) is 8.74. The van der Waals surface area contributed by atoms with Crippen molar-refractivity contribution in [3.63, 3.8) is 0 Å². The lowest BCUT2D eigenvalue weighted by atomic mass is 9.98. The molecule has 0 bridgehead atoms. The lowest BCUT2D eigenvalue weighted by Gasteiger charge is -2.34. The van der Waals surface area contributed by atoms with Crippen molar-refractivity contribution in [2.45, 2.75) is 79.0 Å². The first kappa shape index (κ1) is 31.1. The van der Waals surface area contributed by atoms with Crippen LogP contribution in [0.4, 0.5) is 10.5 Å². The second-order valence-electron chi connectivity index (χ2n) is 10.5. The number of hydrogen-bond acceptors (Lipinski definition) is 5. The van der Waals surface area contributed by atoms with Crippen LogP contribution in [0.2, 0.25) is 5.02 Å². The van der Waals surface area contributed by atoms with E-state index in [0.717, 1.165) is 23.1 Å². The SMILES string of the molecule is CCCCN(C(=O)C(CO)NC(=O)OC(C)(C)C)C(C(=O)Nc1c(C)cccc1Cl)c1cc(C)cc(C)c1. The van der Waals surface area contributed by atoms with E-state index in [4.69, 9.17) is 16.3 Å². The van der Waals surface area contributed by atoms with Crippen LogP contribution < -0.4 is 10.6 Å². The number of para-hydroxylation sites is 1. The number of hydrogen-bond donors (Lipinski definition) is 3. The first-order valence-corrected chi connectivity index (χ1v) is 13.2. The number of benzene rings is 2. The molecule has 9 heteroatoms. The Morgan fingerprint density at radius 2 is 1.71 bits per heavy atom. The third-order valence-corrected chi connectivity index (χ3v) is 6.11. The molecule has 0 aliphatic heterocycles. The molecule has 0 radical (unpaired) electrons. The van der Waals surface area contributed by atoms with Gasteiger partial charge in [0.25, 0.3) is 5.91 Å². The highest BCUT2D eigenvalue weighted by Crippen LogP contribution is 2.30. The molecule has 2 aromatic carbocycles. The zero-order chi connectivity index (χ0) is 28.6. The minimum absolute atomic E-state index is 0.231. The van der Waals surface area contributed by atoms with E-state index in [0.29, 0.717) is 22.7 Å². The molecular weight excluding hydrogens is 506 g/mol. The molecule has 0 aliphatic carbocycles. The summed E-state index contributed by atoms with van der Waals surface area (Å²) in [5, 5.41) is 15.8. The molecule has 2 aromatic rings. The number of amides is 3. The Hall–Kier alpha value is -3.10. The summed E-state index contributed by atoms with van der Waals surface area (Å²) in [6.07, 6.45) is 0.535. The van der Waals surface area contributed by atoms with Crippen molar-refractivity contribution in [2.75, 3.05) is 18.5 Å². The van der Waals surface area contributed by atoms with Crippen molar-refractivity contribution in [1.29, 1.82) is 0 Å². The number of aliphatic hydroxyl groups is 1. The molecule has 0 heterocycles. The van der Waals surface area contributed by atoms with Crippen molar-refractivity contribution in [3.8, 4) is 0 Å². The number of nitrogens with zero attached hydrogens (tertiary/aromatic N) is 1. The van der Waals surface area contributed by atoms with Gasteiger partial charge in [0.1, 0.15) is 17.7 Å². The summed E-state index contributed by atoms with van der Waals surface area (Å²) in [5.74, 6) is -1.05. The van der Waals surface area contributed by atoms with Crippen molar-refractivity contribution >= 4 is 35.2 Å². The molecule has 0 saturated carbocycles. The maximum Gasteiger partial charge on any atom is 0.408 e. The number of rotatable bonds is 10. The van der Waals surface area contributed by atoms with Gasteiger partial charge in [0.15, 0.2) is 0 Å². The number of halogens is 1. The van der Waals surface area contributed by atoms with Crippen molar-refractivity contribution in [1.82, 2.24) is 10.2 Å². The molecule has 2 unspecified atom stereocenters. The number of aryl methyl sites for hydroxylation is 3. The summed E-state index contributed by atoms with van der Waals surface area (Å²) in [6.45, 7) is 12.3. The average molecular weight is 546 g/mol. The number of alkyl carbamates (subject to hydrolysis) is 1. The Bertz CT molecular complexity index is 1110. The van der Waals surface area contributed by atoms with Crippen LogP contribution in [0.25, 0.3) is 0 Å². The van der Waals surface area contributed by atoms with Crippen LogP contribution in [0.5, 0.6) is 0 Å². The van der Waals surface area contributed by atoms with E-state index < -0.39 is 42.2 Å². The molecule has 2 atom stereocenters. The predicted octanol–water partition coefficient (Wildman–Crippen LogP) is 5.46. The molecule has 8 nitrogen and oxygen atoms in total. The highest BCUT2D eigenvalue weighted by atomic mass is 35.5. The van der Waals surface area contributed by atoms with Gasteiger partial charge in [0.2, 0.25) is 5.91 Å². The van der Waals surface area contributed by atoms with Crippen LogP contribution in [0.3, 0.4) is 0 Å². The Morgan fingerprint density at radius 1 is 1.08 bits per heavy atom. The molecule has 0 fully saturated rings. The second-order valence-corrected chi connectivity index (χ2v) is 10.9. The first-order chi connectivity index (χ1) is 17.8. The zero-order valence-electron chi connectivity index (χ0n) is 23.4. The van der Waals surface area contributed by atoms with Crippen molar-refractivity contribution < 1.29 is 24.2 Å². The Balaban J connectivity index is 2.56. The first-order valence-electron chi connectivity index (χ1n) is 12.8. The molecule has 3 amide bonds. The Kier molecular flexibility index (Phi) is 11.2. The summed E-state index contributed by atoms with van der Waals surface area (Å²) in [7, 11) is 0. The van der Waals surface area contributed by atoms with Gasteiger partial charge in [-0.2, -0.15) is 0 Å². The molecule has 0 aromatic heterocycles. The van der Waals surface area contributed by atoms with Gasteiger partial charge in [-0.15, -0.1) is 0 Å². The van der Waals surface area contributed by atoms with Gasteiger partial charge in [0, 0.05) is 6.54 Å². The van der Waals surface area contributed by atoms with E-state index in [1.54, 1.807) is 32.9 Å². The van der Waals surface area contributed by atoms with Gasteiger partial charge >= 0.3 is 6.09 Å². The van der Waals surface area contributed by atoms with E-state index in [9.17, 15) is 19.5 Å². The summed E-state index contributed by atoms with van der Waals surface area (Å²) in [4.78, 5) is 41.6. The number of anilines is 1. The van der Waals surface area contributed by atoms with E-state index in [-0.39, 0.29) is 6.54 Å². The van der Waals surface area contributed by atoms with E-state index in [1.165, 1.54) is 4.90 Å². The van der Waals surface area contributed by atoms with Crippen LogP contribution in [-0.4, -0.2) is 52.7 Å². The van der Waals surface area contributed by atoms with Crippen LogP contribution >= 0.6 is 11.6 Å². The molecule has 208 valence electrons. The number of unbranched alkanes of at least 4 members (excludes halogenated alkanes) is 1. The van der Waals surface area contributed by atoms with Gasteiger partial charge in [-0.3, -0.25) is 9.59 Å². The van der Waals surface area contributed by atoms with Gasteiger partial charge < -0.3 is 25.4 Å². The van der Waals surface area contributed by atoms with E-state index in [1.807, 2.05) is 52.0 Å². The van der Waals surface area contributed by atoms with E-state index >= 15 is 0 Å². The number of carbonyl (C=O) groups is 3. The van der Waals surface area contributed by atoms with Crippen molar-refractivity contribution in [3.05, 3.63) is 63.7 Å². The average Bonchev–Trinajstić information content (AvgIpc) is 2.80. The smallest absolute Gasteiger partial charge is 0.408 e. The zero-order valence-corrected chi connectivity index (χ0v) is 24.1. The maximum absolute atomic E-state index is 13.9. The lowest BCUT2D eigenvalue weighted by molar-refractivity contribution is -0.141. The molecule has 0 spiro atoms. The van der Waals surface area contributed by atoms with Gasteiger partial charge in [-0.05, 0) is 65.2 Å². The fourth-order valence-electron chi connectivity index (χ4n) is 4.15. The number of aliphatic hydroxyl groups excluding tert-OH is 1. The van der Waals surface area contributed by atoms with Gasteiger partial charge in [-0.25, -0.2) is 4.79 Å². The minimum atomic E-state index is -1.30. The Labute approximate surface area is 230 Å². The maximum atomic E-state index is 13.9. The molecule has 0 aliphatic rings. The minimum Gasteiger partial charge on any atom is -0.444 e. The number of carbonyl (C=O) groups excluding carboxylic acids is 3. The molecule has 2 rings (SSSR count). The molecule has 3 N–H and O–H groups in total. The summed E-state index contributed by atoms with van der Waals surface area (Å²) in [5.41, 5.74) is 2.92. The largest absolute Gasteiger partial charge is 0.444 e. The fraction of sp³-hybridized carbons (Fsp3) is 0.483. The molecule has 38 heavy (non-hydrogen) atoms. The normalized spacial score (nSPS) is 12.9. The van der Waals surface area contributed by atoms with Crippen LogP contribution in [0, 0.1) is 20.8 Å². The third-order valence-electron chi connectivity index (χ3n) is 5.80. The van der Waals surface area contributed by atoms with E-state index in [2.05, 4.69) is 10.6 Å². The van der Waals surface area contributed by atoms with Crippen LogP contribution in [-0.2, 0) is 14.3 Å². The van der Waals surface area contributed by atoms with Gasteiger partial charge in [0.05, 0.1) is 17.3 Å². The molecular formula is C29H40ClN3O5. The summed E-state index contributed by atoms with van der Waals surface area (Å²) in [6, 6.07) is 8.66. The Morgan fingerprint density at radius 3 is 2.24 bits per heavy atom. The standard InChI is InChI=1S/C29H40ClN3O5/c1-8-9-13-33(27(36)23(17-34)31-28(37)38-29(5,6)7)25(21-15-18(2)14-19(3)16-21)26(35)32-24-20(4)11-10-12-22(24)30/h10-12,14-16,23,25,34H,8-9,13,17H2,1-7H3,(H,31,37)(H,32,35). The highest BCUT2D eigenvalue weighted by molar-refractivity contribution is 6.34. The fourth-order valence-corrected chi connectivity index (χ4v) is 4.42. The quantitative estimate of drug-likeness (QED) is 0.367.